The minimum absolute atomic E-state index is 0.620. The maximum Gasteiger partial charge on any atom is 0.120 e. The van der Waals surface area contributed by atoms with Gasteiger partial charge in [-0.3, -0.25) is 0 Å². The average molecular weight is 269 g/mol. The summed E-state index contributed by atoms with van der Waals surface area (Å²) < 4.78 is 5.84. The molecule has 0 aliphatic carbocycles. The highest BCUT2D eigenvalue weighted by molar-refractivity contribution is 5.34. The van der Waals surface area contributed by atoms with Crippen molar-refractivity contribution in [2.24, 2.45) is 0 Å². The third-order valence-electron chi connectivity index (χ3n) is 3.57. The van der Waals surface area contributed by atoms with Gasteiger partial charge in [0.1, 0.15) is 12.4 Å². The van der Waals surface area contributed by atoms with E-state index < -0.39 is 0 Å². The number of aryl methyl sites for hydroxylation is 2. The Kier molecular flexibility index (Phi) is 5.19. The highest BCUT2D eigenvalue weighted by atomic mass is 16.5. The summed E-state index contributed by atoms with van der Waals surface area (Å²) in [6.07, 6.45) is 1.06. The van der Waals surface area contributed by atoms with Crippen LogP contribution in [-0.2, 0) is 13.0 Å². The highest BCUT2D eigenvalue weighted by Gasteiger charge is 1.99. The van der Waals surface area contributed by atoms with Gasteiger partial charge in [-0.1, -0.05) is 30.3 Å². The molecule has 0 bridgehead atoms. The Hall–Kier alpha value is -1.80. The summed E-state index contributed by atoms with van der Waals surface area (Å²) in [7, 11) is 1.98. The van der Waals surface area contributed by atoms with E-state index in [0.717, 1.165) is 18.7 Å². The highest BCUT2D eigenvalue weighted by Crippen LogP contribution is 2.18. The summed E-state index contributed by atoms with van der Waals surface area (Å²) in [5.41, 5.74) is 5.13. The van der Waals surface area contributed by atoms with Crippen LogP contribution in [0.3, 0.4) is 0 Å². The minimum atomic E-state index is 0.620. The largest absolute Gasteiger partial charge is 0.489 e. The van der Waals surface area contributed by atoms with E-state index in [1.807, 2.05) is 13.1 Å². The predicted molar refractivity (Wildman–Crippen MR) is 84.3 cm³/mol. The lowest BCUT2D eigenvalue weighted by Gasteiger charge is -2.09. The Morgan fingerprint density at radius 1 is 0.900 bits per heavy atom. The standard InChI is InChI=1S/C18H23NO/c1-14-4-9-18(12-15(14)2)20-13-17-7-5-16(6-8-17)10-11-19-3/h4-9,12,19H,10-11,13H2,1-3H3. The molecular formula is C18H23NO. The van der Waals surface area contributed by atoms with Crippen LogP contribution in [0, 0.1) is 13.8 Å². The van der Waals surface area contributed by atoms with Crippen LogP contribution in [0.15, 0.2) is 42.5 Å². The van der Waals surface area contributed by atoms with Gasteiger partial charge in [0.05, 0.1) is 0 Å². The van der Waals surface area contributed by atoms with Crippen molar-refractivity contribution in [1.29, 1.82) is 0 Å². The van der Waals surface area contributed by atoms with Crippen LogP contribution < -0.4 is 10.1 Å². The lowest BCUT2D eigenvalue weighted by Crippen LogP contribution is -2.10. The molecule has 0 radical (unpaired) electrons. The first-order valence-electron chi connectivity index (χ1n) is 7.11. The summed E-state index contributed by atoms with van der Waals surface area (Å²) in [5.74, 6) is 0.937. The molecule has 0 aromatic heterocycles. The van der Waals surface area contributed by atoms with Crippen molar-refractivity contribution in [3.63, 3.8) is 0 Å². The van der Waals surface area contributed by atoms with Crippen LogP contribution in [-0.4, -0.2) is 13.6 Å². The topological polar surface area (TPSA) is 21.3 Å². The summed E-state index contributed by atoms with van der Waals surface area (Å²) in [6.45, 7) is 5.86. The molecule has 0 heterocycles. The van der Waals surface area contributed by atoms with Gasteiger partial charge in [-0.05, 0) is 68.2 Å². The molecule has 0 saturated carbocycles. The third kappa shape index (κ3) is 4.10. The molecule has 0 fully saturated rings. The van der Waals surface area contributed by atoms with E-state index in [-0.39, 0.29) is 0 Å². The van der Waals surface area contributed by atoms with E-state index in [1.54, 1.807) is 0 Å². The molecule has 0 spiro atoms. The Morgan fingerprint density at radius 2 is 1.60 bits per heavy atom. The molecule has 0 amide bonds. The number of ether oxygens (including phenoxy) is 1. The molecular weight excluding hydrogens is 246 g/mol. The zero-order chi connectivity index (χ0) is 14.4. The Balaban J connectivity index is 1.91. The van der Waals surface area contributed by atoms with Gasteiger partial charge in [-0.15, -0.1) is 0 Å². The number of hydrogen-bond donors (Lipinski definition) is 1. The second-order valence-electron chi connectivity index (χ2n) is 5.20. The summed E-state index contributed by atoms with van der Waals surface area (Å²) >= 11 is 0. The van der Waals surface area contributed by atoms with E-state index in [2.05, 4.69) is 55.6 Å². The molecule has 0 saturated heterocycles. The molecule has 2 rings (SSSR count). The second kappa shape index (κ2) is 7.11. The average Bonchev–Trinajstić information content (AvgIpc) is 2.47. The van der Waals surface area contributed by atoms with E-state index in [4.69, 9.17) is 4.74 Å². The van der Waals surface area contributed by atoms with E-state index >= 15 is 0 Å². The molecule has 1 N–H and O–H groups in total. The lowest BCUT2D eigenvalue weighted by atomic mass is 10.1. The van der Waals surface area contributed by atoms with E-state index in [0.29, 0.717) is 6.61 Å². The SMILES string of the molecule is CNCCc1ccc(COc2ccc(C)c(C)c2)cc1. The maximum absolute atomic E-state index is 5.84. The second-order valence-corrected chi connectivity index (χ2v) is 5.20. The quantitative estimate of drug-likeness (QED) is 0.864. The van der Waals surface area contributed by atoms with Crippen molar-refractivity contribution in [3.05, 3.63) is 64.7 Å². The Bertz CT molecular complexity index is 546. The fourth-order valence-corrected chi connectivity index (χ4v) is 2.04. The zero-order valence-electron chi connectivity index (χ0n) is 12.6. The van der Waals surface area contributed by atoms with Crippen molar-refractivity contribution in [1.82, 2.24) is 5.32 Å². The normalized spacial score (nSPS) is 10.6. The van der Waals surface area contributed by atoms with Crippen molar-refractivity contribution in [2.75, 3.05) is 13.6 Å². The Morgan fingerprint density at radius 3 is 2.25 bits per heavy atom. The third-order valence-corrected chi connectivity index (χ3v) is 3.57. The molecule has 0 atom stereocenters. The van der Waals surface area contributed by atoms with Crippen LogP contribution in [0.2, 0.25) is 0 Å². The number of hydrogen-bond acceptors (Lipinski definition) is 2. The van der Waals surface area contributed by atoms with Gasteiger partial charge < -0.3 is 10.1 Å². The summed E-state index contributed by atoms with van der Waals surface area (Å²) in [6, 6.07) is 14.9. The van der Waals surface area contributed by atoms with Crippen LogP contribution in [0.5, 0.6) is 5.75 Å². The van der Waals surface area contributed by atoms with Crippen LogP contribution in [0.25, 0.3) is 0 Å². The smallest absolute Gasteiger partial charge is 0.120 e. The first-order valence-corrected chi connectivity index (χ1v) is 7.11. The van der Waals surface area contributed by atoms with Gasteiger partial charge in [0.25, 0.3) is 0 Å². The van der Waals surface area contributed by atoms with Gasteiger partial charge in [-0.25, -0.2) is 0 Å². The fraction of sp³-hybridized carbons (Fsp3) is 0.333. The monoisotopic (exact) mass is 269 g/mol. The fourth-order valence-electron chi connectivity index (χ4n) is 2.04. The van der Waals surface area contributed by atoms with Gasteiger partial charge in [0.15, 0.2) is 0 Å². The van der Waals surface area contributed by atoms with Gasteiger partial charge in [-0.2, -0.15) is 0 Å². The van der Waals surface area contributed by atoms with Crippen molar-refractivity contribution in [2.45, 2.75) is 26.9 Å². The molecule has 2 aromatic carbocycles. The van der Waals surface area contributed by atoms with Gasteiger partial charge >= 0.3 is 0 Å². The number of nitrogens with one attached hydrogen (secondary N) is 1. The minimum Gasteiger partial charge on any atom is -0.489 e. The molecule has 0 aliphatic heterocycles. The maximum atomic E-state index is 5.84. The first-order chi connectivity index (χ1) is 9.69. The summed E-state index contributed by atoms with van der Waals surface area (Å²) in [4.78, 5) is 0. The van der Waals surface area contributed by atoms with Crippen LogP contribution in [0.1, 0.15) is 22.3 Å². The number of rotatable bonds is 6. The summed E-state index contributed by atoms with van der Waals surface area (Å²) in [5, 5.41) is 3.16. The number of likely N-dealkylation sites (N-methyl/N-ethyl adjacent to an activating group) is 1. The Labute approximate surface area is 121 Å². The van der Waals surface area contributed by atoms with Crippen LogP contribution >= 0.6 is 0 Å². The van der Waals surface area contributed by atoms with E-state index in [1.165, 1.54) is 22.3 Å². The molecule has 106 valence electrons. The van der Waals surface area contributed by atoms with E-state index in [9.17, 15) is 0 Å². The lowest BCUT2D eigenvalue weighted by molar-refractivity contribution is 0.306. The first kappa shape index (κ1) is 14.6. The van der Waals surface area contributed by atoms with Crippen LogP contribution in [0.4, 0.5) is 0 Å². The predicted octanol–water partition coefficient (Wildman–Crippen LogP) is 3.64. The van der Waals surface area contributed by atoms with Gasteiger partial charge in [0.2, 0.25) is 0 Å². The molecule has 0 aliphatic rings. The molecule has 20 heavy (non-hydrogen) atoms. The molecule has 2 nitrogen and oxygen atoms in total. The molecule has 0 unspecified atom stereocenters. The van der Waals surface area contributed by atoms with Crippen molar-refractivity contribution >= 4 is 0 Å². The molecule has 2 heteroatoms. The zero-order valence-corrected chi connectivity index (χ0v) is 12.6. The van der Waals surface area contributed by atoms with Crippen molar-refractivity contribution in [3.8, 4) is 5.75 Å². The van der Waals surface area contributed by atoms with Crippen molar-refractivity contribution < 1.29 is 4.74 Å². The number of benzene rings is 2. The molecule has 2 aromatic rings. The van der Waals surface area contributed by atoms with Gasteiger partial charge in [0, 0.05) is 0 Å².